The van der Waals surface area contributed by atoms with Gasteiger partial charge in [0.25, 0.3) is 5.78 Å². The molecule has 24 heavy (non-hydrogen) atoms. The van der Waals surface area contributed by atoms with Crippen molar-refractivity contribution in [2.75, 3.05) is 18.2 Å². The van der Waals surface area contributed by atoms with Gasteiger partial charge < -0.3 is 10.1 Å². The maximum Gasteiger partial charge on any atom is 0.256 e. The summed E-state index contributed by atoms with van der Waals surface area (Å²) in [7, 11) is 1.59. The van der Waals surface area contributed by atoms with E-state index in [9.17, 15) is 4.79 Å². The Kier molecular flexibility index (Phi) is 4.66. The van der Waals surface area contributed by atoms with E-state index in [1.54, 1.807) is 13.2 Å². The monoisotopic (exact) mass is 343 g/mol. The van der Waals surface area contributed by atoms with Crippen molar-refractivity contribution in [2.24, 2.45) is 0 Å². The van der Waals surface area contributed by atoms with Crippen molar-refractivity contribution in [1.29, 1.82) is 0 Å². The Morgan fingerprint density at radius 1 is 1.29 bits per heavy atom. The zero-order chi connectivity index (χ0) is 17.1. The predicted molar refractivity (Wildman–Crippen MR) is 92.6 cm³/mol. The van der Waals surface area contributed by atoms with E-state index in [-0.39, 0.29) is 11.7 Å². The number of fused-ring (bicyclic) bond motifs is 1. The molecule has 0 fully saturated rings. The zero-order valence-corrected chi connectivity index (χ0v) is 14.4. The second-order valence-electron chi connectivity index (χ2n) is 5.23. The first-order chi connectivity index (χ1) is 11.6. The number of nitrogens with one attached hydrogen (secondary N) is 1. The first-order valence-corrected chi connectivity index (χ1v) is 8.31. The van der Waals surface area contributed by atoms with Gasteiger partial charge in [-0.05, 0) is 32.0 Å². The van der Waals surface area contributed by atoms with Gasteiger partial charge in [-0.25, -0.2) is 4.98 Å². The van der Waals surface area contributed by atoms with Crippen molar-refractivity contribution in [3.05, 3.63) is 41.7 Å². The van der Waals surface area contributed by atoms with Crippen LogP contribution in [0.1, 0.15) is 11.4 Å². The fourth-order valence-electron chi connectivity index (χ4n) is 2.32. The molecular formula is C16H17N5O2S. The number of aromatic nitrogens is 4. The third kappa shape index (κ3) is 3.48. The van der Waals surface area contributed by atoms with Crippen LogP contribution in [0, 0.1) is 13.8 Å². The molecule has 0 aliphatic heterocycles. The minimum atomic E-state index is -0.122. The van der Waals surface area contributed by atoms with Crippen molar-refractivity contribution in [3.8, 4) is 5.75 Å². The number of anilines is 1. The highest BCUT2D eigenvalue weighted by molar-refractivity contribution is 7.99. The summed E-state index contributed by atoms with van der Waals surface area (Å²) >= 11 is 1.32. The summed E-state index contributed by atoms with van der Waals surface area (Å²) < 4.78 is 6.98. The van der Waals surface area contributed by atoms with Gasteiger partial charge in [0.1, 0.15) is 5.75 Å². The third-order valence-electron chi connectivity index (χ3n) is 3.35. The van der Waals surface area contributed by atoms with Crippen LogP contribution in [0.15, 0.2) is 35.5 Å². The van der Waals surface area contributed by atoms with E-state index < -0.39 is 0 Å². The summed E-state index contributed by atoms with van der Waals surface area (Å²) in [6.07, 6.45) is 0. The molecule has 3 rings (SSSR count). The summed E-state index contributed by atoms with van der Waals surface area (Å²) in [6, 6.07) is 9.19. The number of rotatable bonds is 5. The number of thioether (sulfide) groups is 1. The Morgan fingerprint density at radius 3 is 2.92 bits per heavy atom. The van der Waals surface area contributed by atoms with E-state index in [2.05, 4.69) is 20.5 Å². The fraction of sp³-hybridized carbons (Fsp3) is 0.250. The molecule has 0 unspecified atom stereocenters. The number of methoxy groups -OCH3 is 1. The van der Waals surface area contributed by atoms with Crippen molar-refractivity contribution in [3.63, 3.8) is 0 Å². The SMILES string of the molecule is COc1cccc(NC(=O)CSc2nnc3nc(C)cc(C)n23)c1. The number of aryl methyl sites for hydroxylation is 2. The van der Waals surface area contributed by atoms with Crippen LogP contribution < -0.4 is 10.1 Å². The quantitative estimate of drug-likeness (QED) is 0.717. The summed E-state index contributed by atoms with van der Waals surface area (Å²) in [5.74, 6) is 1.35. The number of hydrogen-bond acceptors (Lipinski definition) is 6. The molecule has 1 aromatic carbocycles. The number of hydrogen-bond donors (Lipinski definition) is 1. The average molecular weight is 343 g/mol. The van der Waals surface area contributed by atoms with Crippen LogP contribution in [0.4, 0.5) is 5.69 Å². The molecule has 0 aliphatic carbocycles. The Labute approximate surface area is 143 Å². The summed E-state index contributed by atoms with van der Waals surface area (Å²) in [6.45, 7) is 3.88. The molecular weight excluding hydrogens is 326 g/mol. The summed E-state index contributed by atoms with van der Waals surface area (Å²) in [5.41, 5.74) is 2.57. The van der Waals surface area contributed by atoms with Gasteiger partial charge in [-0.2, -0.15) is 0 Å². The lowest BCUT2D eigenvalue weighted by molar-refractivity contribution is -0.113. The number of ether oxygens (including phenoxy) is 1. The van der Waals surface area contributed by atoms with Gasteiger partial charge in [0.05, 0.1) is 12.9 Å². The van der Waals surface area contributed by atoms with Crippen LogP contribution in [0.2, 0.25) is 0 Å². The minimum absolute atomic E-state index is 0.122. The largest absolute Gasteiger partial charge is 0.497 e. The second kappa shape index (κ2) is 6.88. The molecule has 0 bridgehead atoms. The maximum atomic E-state index is 12.1. The van der Waals surface area contributed by atoms with E-state index in [0.717, 1.165) is 11.4 Å². The molecule has 2 aromatic heterocycles. The lowest BCUT2D eigenvalue weighted by Crippen LogP contribution is -2.14. The molecule has 0 aliphatic rings. The minimum Gasteiger partial charge on any atom is -0.497 e. The molecule has 0 saturated carbocycles. The van der Waals surface area contributed by atoms with E-state index >= 15 is 0 Å². The van der Waals surface area contributed by atoms with Gasteiger partial charge in [-0.3, -0.25) is 9.20 Å². The van der Waals surface area contributed by atoms with Gasteiger partial charge in [0.15, 0.2) is 5.16 Å². The Bertz CT molecular complexity index is 893. The van der Waals surface area contributed by atoms with Crippen LogP contribution in [-0.2, 0) is 4.79 Å². The van der Waals surface area contributed by atoms with Crippen molar-refractivity contribution < 1.29 is 9.53 Å². The highest BCUT2D eigenvalue weighted by atomic mass is 32.2. The fourth-order valence-corrected chi connectivity index (χ4v) is 3.11. The Morgan fingerprint density at radius 2 is 2.12 bits per heavy atom. The molecule has 0 saturated heterocycles. The van der Waals surface area contributed by atoms with Crippen LogP contribution in [-0.4, -0.2) is 38.4 Å². The number of nitrogens with zero attached hydrogens (tertiary/aromatic N) is 4. The standard InChI is InChI=1S/C16H17N5O2S/c1-10-7-11(2)21-15(17-10)19-20-16(21)24-9-14(22)18-12-5-4-6-13(8-12)23-3/h4-8H,9H2,1-3H3,(H,18,22). The summed E-state index contributed by atoms with van der Waals surface area (Å²) in [5, 5.41) is 11.7. The van der Waals surface area contributed by atoms with Crippen LogP contribution in [0.3, 0.4) is 0 Å². The zero-order valence-electron chi connectivity index (χ0n) is 13.6. The molecule has 7 nitrogen and oxygen atoms in total. The molecule has 1 N–H and O–H groups in total. The smallest absolute Gasteiger partial charge is 0.256 e. The highest BCUT2D eigenvalue weighted by Gasteiger charge is 2.12. The van der Waals surface area contributed by atoms with Crippen molar-refractivity contribution >= 4 is 29.1 Å². The number of carbonyl (C=O) groups excluding carboxylic acids is 1. The summed E-state index contributed by atoms with van der Waals surface area (Å²) in [4.78, 5) is 16.5. The molecule has 0 spiro atoms. The highest BCUT2D eigenvalue weighted by Crippen LogP contribution is 2.20. The molecule has 2 heterocycles. The molecule has 0 atom stereocenters. The van der Waals surface area contributed by atoms with Gasteiger partial charge >= 0.3 is 0 Å². The second-order valence-corrected chi connectivity index (χ2v) is 6.17. The predicted octanol–water partition coefficient (Wildman–Crippen LogP) is 2.48. The van der Waals surface area contributed by atoms with Crippen LogP contribution in [0.5, 0.6) is 5.75 Å². The first-order valence-electron chi connectivity index (χ1n) is 7.33. The molecule has 3 aromatic rings. The topological polar surface area (TPSA) is 81.4 Å². The first kappa shape index (κ1) is 16.3. The molecule has 8 heteroatoms. The van der Waals surface area contributed by atoms with E-state index in [4.69, 9.17) is 4.74 Å². The lowest BCUT2D eigenvalue weighted by Gasteiger charge is -2.07. The molecule has 1 amide bonds. The van der Waals surface area contributed by atoms with Gasteiger partial charge in [0, 0.05) is 23.1 Å². The lowest BCUT2D eigenvalue weighted by atomic mass is 10.3. The number of benzene rings is 1. The van der Waals surface area contributed by atoms with Gasteiger partial charge in [-0.15, -0.1) is 10.2 Å². The van der Waals surface area contributed by atoms with E-state index in [1.165, 1.54) is 11.8 Å². The van der Waals surface area contributed by atoms with Crippen molar-refractivity contribution in [2.45, 2.75) is 19.0 Å². The normalized spacial score (nSPS) is 10.8. The Hall–Kier alpha value is -2.61. The van der Waals surface area contributed by atoms with Crippen molar-refractivity contribution in [1.82, 2.24) is 19.6 Å². The van der Waals surface area contributed by atoms with Gasteiger partial charge in [-0.1, -0.05) is 17.8 Å². The number of amides is 1. The van der Waals surface area contributed by atoms with Crippen LogP contribution >= 0.6 is 11.8 Å². The van der Waals surface area contributed by atoms with Gasteiger partial charge in [0.2, 0.25) is 5.91 Å². The van der Waals surface area contributed by atoms with E-state index in [1.807, 2.05) is 42.5 Å². The molecule has 0 radical (unpaired) electrons. The molecule has 124 valence electrons. The van der Waals surface area contributed by atoms with Crippen LogP contribution in [0.25, 0.3) is 5.78 Å². The maximum absolute atomic E-state index is 12.1. The Balaban J connectivity index is 1.68. The van der Waals surface area contributed by atoms with E-state index in [0.29, 0.717) is 22.4 Å². The number of carbonyl (C=O) groups is 1. The third-order valence-corrected chi connectivity index (χ3v) is 4.28. The average Bonchev–Trinajstić information content (AvgIpc) is 2.96.